The molecule has 0 saturated carbocycles. The molecule has 26 heavy (non-hydrogen) atoms. The largest absolute Gasteiger partial charge is 0.444 e. The van der Waals surface area contributed by atoms with E-state index in [4.69, 9.17) is 4.74 Å². The Labute approximate surface area is 155 Å². The number of fused-ring (bicyclic) bond motifs is 1. The first-order valence-corrected chi connectivity index (χ1v) is 9.29. The highest BCUT2D eigenvalue weighted by Crippen LogP contribution is 2.14. The summed E-state index contributed by atoms with van der Waals surface area (Å²) in [7, 11) is 0. The molecule has 0 fully saturated rings. The van der Waals surface area contributed by atoms with Crippen LogP contribution >= 0.6 is 0 Å². The summed E-state index contributed by atoms with van der Waals surface area (Å²) in [5.41, 5.74) is -0.477. The zero-order valence-electron chi connectivity index (χ0n) is 16.3. The van der Waals surface area contributed by atoms with Gasteiger partial charge in [0.05, 0.1) is 0 Å². The number of nitrogens with zero attached hydrogens (tertiary/aromatic N) is 4. The Hall–Kier alpha value is -2.32. The number of amides is 1. The summed E-state index contributed by atoms with van der Waals surface area (Å²) in [4.78, 5) is 16.2. The van der Waals surface area contributed by atoms with Gasteiger partial charge in [-0.1, -0.05) is 0 Å². The molecule has 0 aromatic carbocycles. The molecule has 0 unspecified atom stereocenters. The zero-order chi connectivity index (χ0) is 19.0. The lowest BCUT2D eigenvalue weighted by atomic mass is 10.2. The standard InChI is InChI=1S/C17H31N7O2/c1-5-18-15(19-9-7-10-20-16(25)26-17(2,3)4)21-12-14-23-22-13-8-6-11-24(13)14/h5-12H2,1-4H3,(H,20,25)(H2,18,19,21). The van der Waals surface area contributed by atoms with E-state index in [1.807, 2.05) is 27.7 Å². The minimum Gasteiger partial charge on any atom is -0.444 e. The molecule has 1 aromatic heterocycles. The number of carbonyl (C=O) groups is 1. The number of alkyl carbamates (subject to hydrolysis) is 1. The molecular formula is C17H31N7O2. The highest BCUT2D eigenvalue weighted by molar-refractivity contribution is 5.79. The second kappa shape index (κ2) is 9.40. The van der Waals surface area contributed by atoms with Gasteiger partial charge in [-0.15, -0.1) is 10.2 Å². The molecule has 2 rings (SSSR count). The molecule has 9 nitrogen and oxygen atoms in total. The van der Waals surface area contributed by atoms with Crippen LogP contribution in [-0.2, 0) is 24.2 Å². The molecule has 2 heterocycles. The van der Waals surface area contributed by atoms with Crippen LogP contribution < -0.4 is 16.0 Å². The molecular weight excluding hydrogens is 334 g/mol. The number of guanidine groups is 1. The van der Waals surface area contributed by atoms with E-state index in [0.717, 1.165) is 50.0 Å². The van der Waals surface area contributed by atoms with Crippen LogP contribution in [0.5, 0.6) is 0 Å². The number of carbonyl (C=O) groups excluding carboxylic acids is 1. The maximum Gasteiger partial charge on any atom is 0.407 e. The fourth-order valence-electron chi connectivity index (χ4n) is 2.62. The first kappa shape index (κ1) is 20.0. The maximum atomic E-state index is 11.6. The van der Waals surface area contributed by atoms with E-state index >= 15 is 0 Å². The lowest BCUT2D eigenvalue weighted by molar-refractivity contribution is 0.0527. The molecule has 0 bridgehead atoms. The predicted molar refractivity (Wildman–Crippen MR) is 100 cm³/mol. The molecule has 1 aromatic rings. The van der Waals surface area contributed by atoms with Crippen LogP contribution in [0.3, 0.4) is 0 Å². The second-order valence-electron chi connectivity index (χ2n) is 7.19. The monoisotopic (exact) mass is 365 g/mol. The Kier molecular flexibility index (Phi) is 7.23. The molecule has 0 radical (unpaired) electrons. The van der Waals surface area contributed by atoms with Crippen molar-refractivity contribution >= 4 is 12.1 Å². The van der Waals surface area contributed by atoms with Crippen LogP contribution in [0.15, 0.2) is 4.99 Å². The number of nitrogens with one attached hydrogen (secondary N) is 3. The number of aryl methyl sites for hydroxylation is 1. The van der Waals surface area contributed by atoms with Crippen molar-refractivity contribution in [1.29, 1.82) is 0 Å². The highest BCUT2D eigenvalue weighted by Gasteiger charge is 2.17. The molecule has 1 aliphatic rings. The Morgan fingerprint density at radius 3 is 2.73 bits per heavy atom. The molecule has 0 aliphatic carbocycles. The quantitative estimate of drug-likeness (QED) is 0.381. The number of aliphatic imine (C=N–C) groups is 1. The summed E-state index contributed by atoms with van der Waals surface area (Å²) in [6, 6.07) is 0. The van der Waals surface area contributed by atoms with E-state index in [2.05, 4.69) is 35.7 Å². The van der Waals surface area contributed by atoms with Crippen LogP contribution in [0, 0.1) is 0 Å². The minimum absolute atomic E-state index is 0.390. The zero-order valence-corrected chi connectivity index (χ0v) is 16.3. The van der Waals surface area contributed by atoms with Gasteiger partial charge in [-0.3, -0.25) is 0 Å². The first-order chi connectivity index (χ1) is 12.4. The van der Waals surface area contributed by atoms with Gasteiger partial charge in [0.25, 0.3) is 0 Å². The van der Waals surface area contributed by atoms with Gasteiger partial charge >= 0.3 is 6.09 Å². The van der Waals surface area contributed by atoms with Gasteiger partial charge in [0.2, 0.25) is 0 Å². The molecule has 0 spiro atoms. The van der Waals surface area contributed by atoms with Gasteiger partial charge in [0, 0.05) is 32.6 Å². The van der Waals surface area contributed by atoms with Gasteiger partial charge in [0.15, 0.2) is 11.8 Å². The predicted octanol–water partition coefficient (Wildman–Crippen LogP) is 1.19. The van der Waals surface area contributed by atoms with Crippen molar-refractivity contribution in [2.75, 3.05) is 19.6 Å². The minimum atomic E-state index is -0.477. The number of hydrogen-bond donors (Lipinski definition) is 3. The molecule has 0 atom stereocenters. The molecule has 1 amide bonds. The van der Waals surface area contributed by atoms with E-state index in [1.54, 1.807) is 0 Å². The summed E-state index contributed by atoms with van der Waals surface area (Å²) in [6.07, 6.45) is 2.51. The Balaban J connectivity index is 1.71. The lowest BCUT2D eigenvalue weighted by Crippen LogP contribution is -2.39. The van der Waals surface area contributed by atoms with E-state index in [-0.39, 0.29) is 0 Å². The molecule has 146 valence electrons. The number of rotatable bonds is 7. The first-order valence-electron chi connectivity index (χ1n) is 9.29. The SMILES string of the molecule is CCNC(=NCc1nnc2n1CCC2)NCCCNC(=O)OC(C)(C)C. The molecule has 1 aliphatic heterocycles. The summed E-state index contributed by atoms with van der Waals surface area (Å²) in [5, 5.41) is 17.6. The van der Waals surface area contributed by atoms with E-state index in [0.29, 0.717) is 19.6 Å². The van der Waals surface area contributed by atoms with Crippen molar-refractivity contribution in [3.8, 4) is 0 Å². The van der Waals surface area contributed by atoms with Crippen LogP contribution in [-0.4, -0.2) is 52.1 Å². The second-order valence-corrected chi connectivity index (χ2v) is 7.19. The molecule has 3 N–H and O–H groups in total. The summed E-state index contributed by atoms with van der Waals surface area (Å²) >= 11 is 0. The van der Waals surface area contributed by atoms with Crippen LogP contribution in [0.4, 0.5) is 4.79 Å². The molecule has 0 saturated heterocycles. The topological polar surface area (TPSA) is 105 Å². The van der Waals surface area contributed by atoms with Crippen molar-refractivity contribution in [1.82, 2.24) is 30.7 Å². The number of hydrogen-bond acceptors (Lipinski definition) is 5. The average Bonchev–Trinajstić information content (AvgIpc) is 3.14. The molecule has 9 heteroatoms. The third kappa shape index (κ3) is 6.53. The van der Waals surface area contributed by atoms with E-state index < -0.39 is 11.7 Å². The van der Waals surface area contributed by atoms with E-state index in [9.17, 15) is 4.79 Å². The van der Waals surface area contributed by atoms with Crippen molar-refractivity contribution in [3.63, 3.8) is 0 Å². The normalized spacial score (nSPS) is 14.1. The number of ether oxygens (including phenoxy) is 1. The Morgan fingerprint density at radius 2 is 2.00 bits per heavy atom. The third-order valence-electron chi connectivity index (χ3n) is 3.72. The number of aromatic nitrogens is 3. The van der Waals surface area contributed by atoms with Crippen LogP contribution in [0.1, 0.15) is 52.2 Å². The van der Waals surface area contributed by atoms with Crippen molar-refractivity contribution < 1.29 is 9.53 Å². The third-order valence-corrected chi connectivity index (χ3v) is 3.72. The van der Waals surface area contributed by atoms with Crippen molar-refractivity contribution in [2.45, 2.75) is 65.6 Å². The van der Waals surface area contributed by atoms with Crippen LogP contribution in [0.25, 0.3) is 0 Å². The van der Waals surface area contributed by atoms with Gasteiger partial charge in [-0.2, -0.15) is 0 Å². The van der Waals surface area contributed by atoms with Crippen molar-refractivity contribution in [3.05, 3.63) is 11.6 Å². The van der Waals surface area contributed by atoms with Gasteiger partial charge in [-0.25, -0.2) is 9.79 Å². The van der Waals surface area contributed by atoms with Crippen molar-refractivity contribution in [2.24, 2.45) is 4.99 Å². The lowest BCUT2D eigenvalue weighted by Gasteiger charge is -2.19. The van der Waals surface area contributed by atoms with E-state index in [1.165, 1.54) is 0 Å². The van der Waals surface area contributed by atoms with Gasteiger partial charge in [0.1, 0.15) is 18.0 Å². The fraction of sp³-hybridized carbons (Fsp3) is 0.765. The summed E-state index contributed by atoms with van der Waals surface area (Å²) < 4.78 is 7.35. The fourth-order valence-corrected chi connectivity index (χ4v) is 2.62. The summed E-state index contributed by atoms with van der Waals surface area (Å²) in [6.45, 7) is 11.1. The van der Waals surface area contributed by atoms with Gasteiger partial charge in [-0.05, 0) is 40.5 Å². The maximum absolute atomic E-state index is 11.6. The summed E-state index contributed by atoms with van der Waals surface area (Å²) in [5.74, 6) is 2.70. The van der Waals surface area contributed by atoms with Gasteiger partial charge < -0.3 is 25.3 Å². The smallest absolute Gasteiger partial charge is 0.407 e. The Morgan fingerprint density at radius 1 is 1.23 bits per heavy atom. The Bertz CT molecular complexity index is 619. The highest BCUT2D eigenvalue weighted by atomic mass is 16.6. The average molecular weight is 365 g/mol. The van der Waals surface area contributed by atoms with Crippen LogP contribution in [0.2, 0.25) is 0 Å².